The second kappa shape index (κ2) is 11.2. The molecule has 0 bridgehead atoms. The largest absolute Gasteiger partial charge is 2.00 e. The quantitative estimate of drug-likeness (QED) is 0.619. The van der Waals surface area contributed by atoms with E-state index in [1.54, 1.807) is 0 Å². The van der Waals surface area contributed by atoms with Gasteiger partial charge in [-0.25, -0.2) is 0 Å². The van der Waals surface area contributed by atoms with E-state index in [9.17, 15) is 0 Å². The third-order valence-corrected chi connectivity index (χ3v) is 1.55. The van der Waals surface area contributed by atoms with E-state index in [1.807, 2.05) is 48.5 Å². The average Bonchev–Trinajstić information content (AvgIpc) is 2.22. The maximum Gasteiger partial charge on any atom is 2.00 e. The van der Waals surface area contributed by atoms with Gasteiger partial charge < -0.3 is 7.43 Å². The zero-order valence-electron chi connectivity index (χ0n) is 9.18. The van der Waals surface area contributed by atoms with Gasteiger partial charge in [0.25, 0.3) is 0 Å². The van der Waals surface area contributed by atoms with E-state index in [2.05, 4.69) is 25.1 Å². The van der Waals surface area contributed by atoms with E-state index in [4.69, 9.17) is 0 Å². The number of benzene rings is 2. The number of aryl methyl sites for hydroxylation is 1. The van der Waals surface area contributed by atoms with Crippen LogP contribution in [0.3, 0.4) is 0 Å². The smallest absolute Gasteiger partial charge is 0.358 e. The zero-order valence-corrected chi connectivity index (χ0v) is 12.1. The number of hydrogen-bond acceptors (Lipinski definition) is 0. The van der Waals surface area contributed by atoms with Crippen molar-refractivity contribution in [1.29, 1.82) is 0 Å². The average molecular weight is 368 g/mol. The first kappa shape index (κ1) is 16.6. The SMILES string of the molecule is Cc1ccccc1.[CH3-].[W+2].[c-]1ccccc1. The first-order valence-electron chi connectivity index (χ1n) is 4.32. The fraction of sp³-hybridized carbons (Fsp3) is 0.0714. The molecule has 2 aromatic rings. The van der Waals surface area contributed by atoms with Crippen LogP contribution in [0.2, 0.25) is 0 Å². The zero-order chi connectivity index (χ0) is 9.36. The van der Waals surface area contributed by atoms with E-state index < -0.39 is 0 Å². The van der Waals surface area contributed by atoms with Crippen molar-refractivity contribution >= 4 is 0 Å². The Kier molecular flexibility index (Phi) is 12.4. The molecule has 0 spiro atoms. The Labute approximate surface area is 108 Å². The monoisotopic (exact) mass is 368 g/mol. The van der Waals surface area contributed by atoms with Crippen LogP contribution in [0, 0.1) is 20.4 Å². The van der Waals surface area contributed by atoms with E-state index in [0.29, 0.717) is 0 Å². The summed E-state index contributed by atoms with van der Waals surface area (Å²) in [4.78, 5) is 0. The van der Waals surface area contributed by atoms with E-state index in [1.165, 1.54) is 5.56 Å². The summed E-state index contributed by atoms with van der Waals surface area (Å²) in [7, 11) is 0. The molecule has 0 amide bonds. The van der Waals surface area contributed by atoms with Crippen molar-refractivity contribution in [2.24, 2.45) is 0 Å². The van der Waals surface area contributed by atoms with Gasteiger partial charge in [0.15, 0.2) is 0 Å². The Hall–Kier alpha value is -0.872. The molecule has 0 aliphatic carbocycles. The van der Waals surface area contributed by atoms with Gasteiger partial charge in [0.2, 0.25) is 0 Å². The van der Waals surface area contributed by atoms with Crippen LogP contribution in [0.15, 0.2) is 60.7 Å². The van der Waals surface area contributed by atoms with Crippen LogP contribution in [-0.2, 0) is 21.1 Å². The summed E-state index contributed by atoms with van der Waals surface area (Å²) in [5, 5.41) is 0. The summed E-state index contributed by atoms with van der Waals surface area (Å²) in [5.41, 5.74) is 1.32. The normalized spacial score (nSPS) is 7.27. The topological polar surface area (TPSA) is 0 Å². The minimum Gasteiger partial charge on any atom is -0.358 e. The van der Waals surface area contributed by atoms with Crippen LogP contribution >= 0.6 is 0 Å². The summed E-state index contributed by atoms with van der Waals surface area (Å²) in [6, 6.07) is 22.8. The molecule has 15 heavy (non-hydrogen) atoms. The fourth-order valence-corrected chi connectivity index (χ4v) is 0.876. The molecule has 0 fully saturated rings. The predicted octanol–water partition coefficient (Wildman–Crippen LogP) is 3.93. The first-order chi connectivity index (χ1) is 6.39. The van der Waals surface area contributed by atoms with Crippen molar-refractivity contribution in [1.82, 2.24) is 0 Å². The number of hydrogen-bond donors (Lipinski definition) is 0. The van der Waals surface area contributed by atoms with Gasteiger partial charge in [0.1, 0.15) is 0 Å². The fourth-order valence-electron chi connectivity index (χ4n) is 0.876. The van der Waals surface area contributed by atoms with Crippen LogP contribution in [0.5, 0.6) is 0 Å². The molecule has 0 nitrogen and oxygen atoms in total. The molecule has 0 unspecified atom stereocenters. The Morgan fingerprint density at radius 1 is 0.800 bits per heavy atom. The molecule has 0 heterocycles. The summed E-state index contributed by atoms with van der Waals surface area (Å²) in [6.45, 7) is 2.08. The summed E-state index contributed by atoms with van der Waals surface area (Å²) < 4.78 is 0. The molecule has 0 saturated heterocycles. The predicted molar refractivity (Wildman–Crippen MR) is 62.9 cm³/mol. The van der Waals surface area contributed by atoms with Crippen molar-refractivity contribution in [3.63, 3.8) is 0 Å². The standard InChI is InChI=1S/C7H8.C6H5.CH3.W/c1-7-5-3-2-4-6-7;1-2-4-6-5-3-1;;/h2-6H,1H3;1-5H;1H3;/q;2*-1;+2. The molecular weight excluding hydrogens is 352 g/mol. The van der Waals surface area contributed by atoms with Crippen LogP contribution in [-0.4, -0.2) is 0 Å². The first-order valence-corrected chi connectivity index (χ1v) is 4.32. The maximum absolute atomic E-state index is 2.89. The minimum atomic E-state index is 0. The summed E-state index contributed by atoms with van der Waals surface area (Å²) in [6.07, 6.45) is 0. The van der Waals surface area contributed by atoms with Crippen LogP contribution in [0.4, 0.5) is 0 Å². The van der Waals surface area contributed by atoms with Gasteiger partial charge in [-0.3, -0.25) is 0 Å². The third-order valence-electron chi connectivity index (χ3n) is 1.55. The Balaban J connectivity index is 0. The maximum atomic E-state index is 2.89. The Morgan fingerprint density at radius 3 is 1.47 bits per heavy atom. The van der Waals surface area contributed by atoms with E-state index in [0.717, 1.165) is 0 Å². The van der Waals surface area contributed by atoms with E-state index >= 15 is 0 Å². The number of rotatable bonds is 0. The second-order valence-corrected chi connectivity index (χ2v) is 2.73. The van der Waals surface area contributed by atoms with Crippen LogP contribution in [0.1, 0.15) is 5.56 Å². The molecule has 2 rings (SSSR count). The van der Waals surface area contributed by atoms with Crippen molar-refractivity contribution in [3.05, 3.63) is 79.7 Å². The molecule has 0 radical (unpaired) electrons. The minimum absolute atomic E-state index is 0. The molecular formula is C14H16W. The van der Waals surface area contributed by atoms with Gasteiger partial charge in [-0.1, -0.05) is 35.9 Å². The third kappa shape index (κ3) is 9.43. The van der Waals surface area contributed by atoms with Crippen molar-refractivity contribution in [2.45, 2.75) is 6.92 Å². The van der Waals surface area contributed by atoms with E-state index in [-0.39, 0.29) is 28.5 Å². The molecule has 78 valence electrons. The summed E-state index contributed by atoms with van der Waals surface area (Å²) in [5.74, 6) is 0. The van der Waals surface area contributed by atoms with Gasteiger partial charge >= 0.3 is 21.1 Å². The van der Waals surface area contributed by atoms with Gasteiger partial charge in [0, 0.05) is 0 Å². The second-order valence-electron chi connectivity index (χ2n) is 2.73. The molecule has 0 aliphatic heterocycles. The molecule has 0 aromatic heterocycles. The molecule has 0 aliphatic rings. The molecule has 1 heteroatoms. The molecule has 2 aromatic carbocycles. The van der Waals surface area contributed by atoms with Crippen LogP contribution in [0.25, 0.3) is 0 Å². The van der Waals surface area contributed by atoms with Gasteiger partial charge in [-0.2, -0.15) is 36.4 Å². The Bertz CT molecular complexity index is 276. The Morgan fingerprint density at radius 2 is 1.27 bits per heavy atom. The van der Waals surface area contributed by atoms with Gasteiger partial charge in [0.05, 0.1) is 0 Å². The van der Waals surface area contributed by atoms with Gasteiger partial charge in [-0.05, 0) is 6.92 Å². The summed E-state index contributed by atoms with van der Waals surface area (Å²) >= 11 is 0. The molecule has 0 saturated carbocycles. The molecule has 0 atom stereocenters. The molecule has 0 N–H and O–H groups in total. The van der Waals surface area contributed by atoms with Crippen molar-refractivity contribution < 1.29 is 21.1 Å². The van der Waals surface area contributed by atoms with Crippen LogP contribution < -0.4 is 0 Å². The van der Waals surface area contributed by atoms with Crippen molar-refractivity contribution in [2.75, 3.05) is 0 Å². The van der Waals surface area contributed by atoms with Gasteiger partial charge in [-0.15, -0.1) is 0 Å². The van der Waals surface area contributed by atoms with Crippen molar-refractivity contribution in [3.8, 4) is 0 Å².